The quantitative estimate of drug-likeness (QED) is 0.791. The van der Waals surface area contributed by atoms with Crippen LogP contribution in [0.5, 0.6) is 0 Å². The Morgan fingerprint density at radius 1 is 1.45 bits per heavy atom. The molecule has 3 rings (SSSR count). The number of aromatic amines is 1. The van der Waals surface area contributed by atoms with Crippen molar-refractivity contribution in [3.63, 3.8) is 0 Å². The number of carbonyl (C=O) groups excluding carboxylic acids is 1. The van der Waals surface area contributed by atoms with E-state index in [4.69, 9.17) is 0 Å². The molecule has 1 unspecified atom stereocenters. The van der Waals surface area contributed by atoms with Gasteiger partial charge in [-0.1, -0.05) is 24.8 Å². The number of rotatable bonds is 5. The van der Waals surface area contributed by atoms with Gasteiger partial charge in [-0.15, -0.1) is 0 Å². The number of amides is 1. The first-order valence-electron chi connectivity index (χ1n) is 6.63. The molecule has 0 radical (unpaired) electrons. The molecule has 0 spiro atoms. The van der Waals surface area contributed by atoms with Crippen LogP contribution in [0.1, 0.15) is 24.9 Å². The van der Waals surface area contributed by atoms with E-state index in [0.717, 1.165) is 34.3 Å². The minimum atomic E-state index is -0.229. The topological polar surface area (TPSA) is 69.8 Å². The van der Waals surface area contributed by atoms with Crippen LogP contribution in [0.4, 0.5) is 5.69 Å². The highest BCUT2D eigenvalue weighted by Crippen LogP contribution is 2.35. The predicted molar refractivity (Wildman–Crippen MR) is 78.8 cm³/mol. The van der Waals surface area contributed by atoms with Gasteiger partial charge < -0.3 is 15.6 Å². The lowest BCUT2D eigenvalue weighted by molar-refractivity contribution is -0.117. The lowest BCUT2D eigenvalue weighted by atomic mass is 10.1. The fraction of sp³-hybridized carbons (Fsp3) is 0.286. The van der Waals surface area contributed by atoms with Gasteiger partial charge in [0, 0.05) is 28.5 Å². The number of hydrogen-bond acceptors (Lipinski definition) is 4. The molecule has 0 bridgehead atoms. The normalized spacial score (nSPS) is 17.1. The van der Waals surface area contributed by atoms with Gasteiger partial charge in [0.15, 0.2) is 5.16 Å². The molecule has 2 aromatic rings. The molecule has 5 nitrogen and oxygen atoms in total. The largest absolute Gasteiger partial charge is 0.339 e. The fourth-order valence-corrected chi connectivity index (χ4v) is 2.99. The van der Waals surface area contributed by atoms with E-state index < -0.39 is 0 Å². The molecule has 6 heteroatoms. The van der Waals surface area contributed by atoms with Gasteiger partial charge in [-0.05, 0) is 25.1 Å². The van der Waals surface area contributed by atoms with E-state index in [1.807, 2.05) is 18.2 Å². The summed E-state index contributed by atoms with van der Waals surface area (Å²) in [5.74, 6) is 0.0219. The second-order valence-electron chi connectivity index (χ2n) is 4.62. The molecule has 0 aliphatic carbocycles. The van der Waals surface area contributed by atoms with Gasteiger partial charge in [-0.3, -0.25) is 4.79 Å². The molecule has 1 aliphatic heterocycles. The summed E-state index contributed by atoms with van der Waals surface area (Å²) in [4.78, 5) is 20.3. The SMILES string of the molecule is CCCNC1C(=O)Nc2cc(Sc3ncc[nH]3)ccc21. The number of nitrogens with zero attached hydrogens (tertiary/aromatic N) is 1. The number of fused-ring (bicyclic) bond motifs is 1. The summed E-state index contributed by atoms with van der Waals surface area (Å²) in [7, 11) is 0. The van der Waals surface area contributed by atoms with Crippen LogP contribution < -0.4 is 10.6 Å². The van der Waals surface area contributed by atoms with Crippen LogP contribution in [0.2, 0.25) is 0 Å². The zero-order valence-corrected chi connectivity index (χ0v) is 12.0. The maximum Gasteiger partial charge on any atom is 0.246 e. The summed E-state index contributed by atoms with van der Waals surface area (Å²) in [5.41, 5.74) is 1.91. The number of hydrogen-bond donors (Lipinski definition) is 3. The summed E-state index contributed by atoms with van der Waals surface area (Å²) in [5, 5.41) is 7.04. The molecule has 1 amide bonds. The molecule has 1 aromatic heterocycles. The molecule has 1 atom stereocenters. The second-order valence-corrected chi connectivity index (χ2v) is 5.68. The molecule has 3 N–H and O–H groups in total. The third kappa shape index (κ3) is 2.57. The summed E-state index contributed by atoms with van der Waals surface area (Å²) >= 11 is 1.54. The third-order valence-corrected chi connectivity index (χ3v) is 4.05. The zero-order valence-electron chi connectivity index (χ0n) is 11.1. The van der Waals surface area contributed by atoms with Gasteiger partial charge in [0.2, 0.25) is 5.91 Å². The first-order chi connectivity index (χ1) is 9.78. The predicted octanol–water partition coefficient (Wildman–Crippen LogP) is 2.55. The van der Waals surface area contributed by atoms with Crippen molar-refractivity contribution in [3.05, 3.63) is 36.2 Å². The number of imidazole rings is 1. The average molecular weight is 288 g/mol. The van der Waals surface area contributed by atoms with Crippen molar-refractivity contribution in [1.29, 1.82) is 0 Å². The Morgan fingerprint density at radius 2 is 2.35 bits per heavy atom. The average Bonchev–Trinajstić information content (AvgIpc) is 3.03. The highest BCUT2D eigenvalue weighted by atomic mass is 32.2. The monoisotopic (exact) mass is 288 g/mol. The Kier molecular flexibility index (Phi) is 3.75. The smallest absolute Gasteiger partial charge is 0.246 e. The Bertz CT molecular complexity index is 612. The van der Waals surface area contributed by atoms with E-state index >= 15 is 0 Å². The first-order valence-corrected chi connectivity index (χ1v) is 7.45. The number of aromatic nitrogens is 2. The van der Waals surface area contributed by atoms with Gasteiger partial charge >= 0.3 is 0 Å². The van der Waals surface area contributed by atoms with E-state index in [-0.39, 0.29) is 11.9 Å². The van der Waals surface area contributed by atoms with Crippen LogP contribution >= 0.6 is 11.8 Å². The summed E-state index contributed by atoms with van der Waals surface area (Å²) in [6, 6.07) is 5.79. The van der Waals surface area contributed by atoms with Crippen molar-refractivity contribution >= 4 is 23.4 Å². The Hall–Kier alpha value is -1.79. The molecule has 104 valence electrons. The number of H-pyrrole nitrogens is 1. The van der Waals surface area contributed by atoms with Crippen molar-refractivity contribution in [3.8, 4) is 0 Å². The maximum atomic E-state index is 12.0. The third-order valence-electron chi connectivity index (χ3n) is 3.14. The van der Waals surface area contributed by atoms with Crippen LogP contribution in [0, 0.1) is 0 Å². The van der Waals surface area contributed by atoms with Crippen LogP contribution in [0.25, 0.3) is 0 Å². The van der Waals surface area contributed by atoms with E-state index in [1.54, 1.807) is 24.2 Å². The van der Waals surface area contributed by atoms with Crippen molar-refractivity contribution in [1.82, 2.24) is 15.3 Å². The zero-order chi connectivity index (χ0) is 13.9. The number of nitrogens with one attached hydrogen (secondary N) is 3. The molecular weight excluding hydrogens is 272 g/mol. The number of carbonyl (C=O) groups is 1. The first kappa shape index (κ1) is 13.2. The van der Waals surface area contributed by atoms with E-state index in [2.05, 4.69) is 27.5 Å². The molecule has 0 fully saturated rings. The molecule has 1 aliphatic rings. The minimum absolute atomic E-state index is 0.0219. The highest BCUT2D eigenvalue weighted by Gasteiger charge is 2.29. The van der Waals surface area contributed by atoms with Crippen LogP contribution in [-0.2, 0) is 4.79 Å². The summed E-state index contributed by atoms with van der Waals surface area (Å²) in [6.07, 6.45) is 4.52. The second kappa shape index (κ2) is 5.68. The van der Waals surface area contributed by atoms with Gasteiger partial charge in [-0.25, -0.2) is 4.98 Å². The number of benzene rings is 1. The lowest BCUT2D eigenvalue weighted by Crippen LogP contribution is -2.27. The van der Waals surface area contributed by atoms with Gasteiger partial charge in [0.1, 0.15) is 6.04 Å². The van der Waals surface area contributed by atoms with E-state index in [1.165, 1.54) is 0 Å². The Morgan fingerprint density at radius 3 is 3.10 bits per heavy atom. The summed E-state index contributed by atoms with van der Waals surface area (Å²) < 4.78 is 0. The maximum absolute atomic E-state index is 12.0. The number of anilines is 1. The molecular formula is C14H16N4OS. The summed E-state index contributed by atoms with van der Waals surface area (Å²) in [6.45, 7) is 2.92. The van der Waals surface area contributed by atoms with Gasteiger partial charge in [0.05, 0.1) is 0 Å². The highest BCUT2D eigenvalue weighted by molar-refractivity contribution is 7.99. The Balaban J connectivity index is 1.80. The molecule has 20 heavy (non-hydrogen) atoms. The van der Waals surface area contributed by atoms with Crippen molar-refractivity contribution in [2.75, 3.05) is 11.9 Å². The van der Waals surface area contributed by atoms with Gasteiger partial charge in [0.25, 0.3) is 0 Å². The van der Waals surface area contributed by atoms with Crippen LogP contribution in [0.3, 0.4) is 0 Å². The van der Waals surface area contributed by atoms with Gasteiger partial charge in [-0.2, -0.15) is 0 Å². The molecule has 0 saturated heterocycles. The van der Waals surface area contributed by atoms with Crippen LogP contribution in [-0.4, -0.2) is 22.4 Å². The van der Waals surface area contributed by atoms with Crippen molar-refractivity contribution in [2.24, 2.45) is 0 Å². The molecule has 1 aromatic carbocycles. The standard InChI is InChI=1S/C14H16N4OS/c1-2-5-15-12-10-4-3-9(8-11(10)18-13(12)19)20-14-16-6-7-17-14/h3-4,6-8,12,15H,2,5H2,1H3,(H,16,17)(H,18,19). The fourth-order valence-electron chi connectivity index (χ4n) is 2.21. The van der Waals surface area contributed by atoms with Crippen molar-refractivity contribution in [2.45, 2.75) is 29.4 Å². The van der Waals surface area contributed by atoms with E-state index in [9.17, 15) is 4.79 Å². The van der Waals surface area contributed by atoms with Crippen molar-refractivity contribution < 1.29 is 4.79 Å². The Labute approximate surface area is 121 Å². The molecule has 2 heterocycles. The molecule has 0 saturated carbocycles. The van der Waals surface area contributed by atoms with E-state index in [0.29, 0.717) is 0 Å². The minimum Gasteiger partial charge on any atom is -0.339 e. The van der Waals surface area contributed by atoms with Crippen LogP contribution in [0.15, 0.2) is 40.6 Å². The lowest BCUT2D eigenvalue weighted by Gasteiger charge is -2.10.